The molecule has 0 spiro atoms. The topological polar surface area (TPSA) is 70.3 Å². The van der Waals surface area contributed by atoms with Crippen molar-refractivity contribution in [1.29, 1.82) is 5.26 Å². The lowest BCUT2D eigenvalue weighted by atomic mass is 10.0. The van der Waals surface area contributed by atoms with E-state index in [4.69, 9.17) is 10.4 Å². The first-order valence-electron chi connectivity index (χ1n) is 4.85. The summed E-state index contributed by atoms with van der Waals surface area (Å²) in [5.41, 5.74) is -1.07. The number of rotatable bonds is 3. The molecule has 0 aromatic heterocycles. The van der Waals surface area contributed by atoms with Gasteiger partial charge in [-0.1, -0.05) is 13.0 Å². The molecule has 0 saturated carbocycles. The Morgan fingerprint density at radius 3 is 2.50 bits per heavy atom. The van der Waals surface area contributed by atoms with Gasteiger partial charge in [-0.25, -0.2) is 4.79 Å². The average molecular weight is 259 g/mol. The van der Waals surface area contributed by atoms with Gasteiger partial charge in [0.1, 0.15) is 17.4 Å². The number of ether oxygens (including phenoxy) is 1. The maximum Gasteiger partial charge on any atom is 0.573 e. The number of hydrogen-bond acceptors (Lipinski definition) is 3. The summed E-state index contributed by atoms with van der Waals surface area (Å²) in [4.78, 5) is 11.0. The van der Waals surface area contributed by atoms with Crippen molar-refractivity contribution in [3.8, 4) is 11.8 Å². The number of nitrogens with zero attached hydrogens (tertiary/aromatic N) is 1. The van der Waals surface area contributed by atoms with Gasteiger partial charge in [-0.05, 0) is 18.1 Å². The van der Waals surface area contributed by atoms with Crippen molar-refractivity contribution in [2.75, 3.05) is 0 Å². The van der Waals surface area contributed by atoms with Crippen molar-refractivity contribution < 1.29 is 27.8 Å². The first kappa shape index (κ1) is 13.8. The molecule has 96 valence electrons. The molecule has 0 aliphatic carbocycles. The number of halogens is 3. The van der Waals surface area contributed by atoms with E-state index in [9.17, 15) is 18.0 Å². The summed E-state index contributed by atoms with van der Waals surface area (Å²) >= 11 is 0. The average Bonchev–Trinajstić information content (AvgIpc) is 2.25. The summed E-state index contributed by atoms with van der Waals surface area (Å²) in [6.45, 7) is 1.55. The van der Waals surface area contributed by atoms with Gasteiger partial charge in [0.15, 0.2) is 0 Å². The number of carbonyl (C=O) groups is 1. The summed E-state index contributed by atoms with van der Waals surface area (Å²) in [6.07, 6.45) is -4.86. The molecule has 0 heterocycles. The Kier molecular flexibility index (Phi) is 3.81. The highest BCUT2D eigenvalue weighted by Crippen LogP contribution is 2.32. The lowest BCUT2D eigenvalue weighted by Crippen LogP contribution is -2.20. The first-order valence-corrected chi connectivity index (χ1v) is 4.85. The number of carboxylic acids is 1. The van der Waals surface area contributed by atoms with Gasteiger partial charge in [0.05, 0.1) is 5.56 Å². The van der Waals surface area contributed by atoms with Crippen molar-refractivity contribution >= 4 is 5.97 Å². The van der Waals surface area contributed by atoms with E-state index in [-0.39, 0.29) is 17.5 Å². The van der Waals surface area contributed by atoms with Gasteiger partial charge in [0.25, 0.3) is 0 Å². The van der Waals surface area contributed by atoms with Crippen LogP contribution in [0, 0.1) is 11.3 Å². The number of hydrogen-bond donors (Lipinski definition) is 1. The second-order valence-corrected chi connectivity index (χ2v) is 3.29. The number of aryl methyl sites for hydroxylation is 1. The Balaban J connectivity index is 3.52. The smallest absolute Gasteiger partial charge is 0.478 e. The Morgan fingerprint density at radius 2 is 2.11 bits per heavy atom. The number of aromatic carboxylic acids is 1. The van der Waals surface area contributed by atoms with E-state index in [1.165, 1.54) is 12.1 Å². The van der Waals surface area contributed by atoms with Gasteiger partial charge in [-0.2, -0.15) is 5.26 Å². The van der Waals surface area contributed by atoms with E-state index >= 15 is 0 Å². The van der Waals surface area contributed by atoms with Crippen LogP contribution in [0.2, 0.25) is 0 Å². The largest absolute Gasteiger partial charge is 0.573 e. The van der Waals surface area contributed by atoms with Crippen molar-refractivity contribution in [1.82, 2.24) is 0 Å². The van der Waals surface area contributed by atoms with Crippen molar-refractivity contribution in [3.05, 3.63) is 28.8 Å². The maximum atomic E-state index is 12.2. The van der Waals surface area contributed by atoms with Crippen LogP contribution in [0.1, 0.15) is 28.4 Å². The number of alkyl halides is 3. The minimum Gasteiger partial charge on any atom is -0.478 e. The Morgan fingerprint density at radius 1 is 1.50 bits per heavy atom. The fourth-order valence-corrected chi connectivity index (χ4v) is 1.44. The summed E-state index contributed by atoms with van der Waals surface area (Å²) in [7, 11) is 0. The lowest BCUT2D eigenvalue weighted by Gasteiger charge is -2.15. The predicted octanol–water partition coefficient (Wildman–Crippen LogP) is 2.72. The standard InChI is InChI=1S/C11H8F3NO3/c1-2-6-3-4-7(5-15)8(10(16)17)9(6)18-11(12,13)14/h3-4H,2H2,1H3,(H,16,17). The minimum atomic E-state index is -5.01. The minimum absolute atomic E-state index is 0.0729. The molecule has 0 unspecified atom stereocenters. The number of nitriles is 1. The summed E-state index contributed by atoms with van der Waals surface area (Å²) in [5.74, 6) is -2.46. The van der Waals surface area contributed by atoms with E-state index in [2.05, 4.69) is 4.74 Å². The molecule has 0 saturated heterocycles. The van der Waals surface area contributed by atoms with Crippen LogP contribution in [-0.2, 0) is 6.42 Å². The van der Waals surface area contributed by atoms with Gasteiger partial charge in [0.2, 0.25) is 0 Å². The molecule has 7 heteroatoms. The van der Waals surface area contributed by atoms with E-state index in [1.807, 2.05) is 0 Å². The summed E-state index contributed by atoms with van der Waals surface area (Å²) in [5, 5.41) is 17.6. The third-order valence-corrected chi connectivity index (χ3v) is 2.17. The van der Waals surface area contributed by atoms with Crippen molar-refractivity contribution in [2.45, 2.75) is 19.7 Å². The normalized spacial score (nSPS) is 10.8. The molecule has 0 fully saturated rings. The van der Waals surface area contributed by atoms with Crippen LogP contribution < -0.4 is 4.74 Å². The molecule has 1 rings (SSSR count). The lowest BCUT2D eigenvalue weighted by molar-refractivity contribution is -0.275. The summed E-state index contributed by atoms with van der Waals surface area (Å²) in [6, 6.07) is 3.93. The van der Waals surface area contributed by atoms with E-state index in [1.54, 1.807) is 6.92 Å². The maximum absolute atomic E-state index is 12.2. The molecular weight excluding hydrogens is 251 g/mol. The van der Waals surface area contributed by atoms with Gasteiger partial charge < -0.3 is 9.84 Å². The Labute approximate surface area is 100 Å². The molecule has 0 aliphatic rings. The Hall–Kier alpha value is -2.23. The van der Waals surface area contributed by atoms with Crippen LogP contribution >= 0.6 is 0 Å². The molecule has 0 atom stereocenters. The highest BCUT2D eigenvalue weighted by atomic mass is 19.4. The molecule has 18 heavy (non-hydrogen) atoms. The molecule has 0 amide bonds. The van der Waals surface area contributed by atoms with E-state index < -0.39 is 23.6 Å². The van der Waals surface area contributed by atoms with Gasteiger partial charge in [-0.15, -0.1) is 13.2 Å². The zero-order chi connectivity index (χ0) is 13.9. The SMILES string of the molecule is CCc1ccc(C#N)c(C(=O)O)c1OC(F)(F)F. The van der Waals surface area contributed by atoms with Crippen LogP contribution in [0.5, 0.6) is 5.75 Å². The van der Waals surface area contributed by atoms with Crippen molar-refractivity contribution in [2.24, 2.45) is 0 Å². The molecular formula is C11H8F3NO3. The number of carboxylic acid groups (broad SMARTS) is 1. The third kappa shape index (κ3) is 2.91. The molecule has 1 N–H and O–H groups in total. The van der Waals surface area contributed by atoms with Crippen LogP contribution in [0.4, 0.5) is 13.2 Å². The second kappa shape index (κ2) is 4.96. The van der Waals surface area contributed by atoms with Gasteiger partial charge >= 0.3 is 12.3 Å². The molecule has 4 nitrogen and oxygen atoms in total. The second-order valence-electron chi connectivity index (χ2n) is 3.29. The van der Waals surface area contributed by atoms with E-state index in [0.717, 1.165) is 6.07 Å². The summed E-state index contributed by atoms with van der Waals surface area (Å²) < 4.78 is 40.4. The van der Waals surface area contributed by atoms with Crippen LogP contribution in [0.25, 0.3) is 0 Å². The highest BCUT2D eigenvalue weighted by molar-refractivity contribution is 5.94. The molecule has 0 radical (unpaired) electrons. The first-order chi connectivity index (χ1) is 8.30. The molecule has 1 aromatic carbocycles. The van der Waals surface area contributed by atoms with Crippen LogP contribution in [0.15, 0.2) is 12.1 Å². The van der Waals surface area contributed by atoms with E-state index in [0.29, 0.717) is 0 Å². The molecule has 0 aliphatic heterocycles. The zero-order valence-electron chi connectivity index (χ0n) is 9.21. The third-order valence-electron chi connectivity index (χ3n) is 2.17. The van der Waals surface area contributed by atoms with Gasteiger partial charge in [0, 0.05) is 0 Å². The van der Waals surface area contributed by atoms with Crippen LogP contribution in [-0.4, -0.2) is 17.4 Å². The Bertz CT molecular complexity index is 517. The monoisotopic (exact) mass is 259 g/mol. The fourth-order valence-electron chi connectivity index (χ4n) is 1.44. The van der Waals surface area contributed by atoms with Crippen molar-refractivity contribution in [3.63, 3.8) is 0 Å². The predicted molar refractivity (Wildman–Crippen MR) is 54.2 cm³/mol. The number of benzene rings is 1. The highest BCUT2D eigenvalue weighted by Gasteiger charge is 2.35. The molecule has 0 bridgehead atoms. The zero-order valence-corrected chi connectivity index (χ0v) is 9.21. The van der Waals surface area contributed by atoms with Crippen LogP contribution in [0.3, 0.4) is 0 Å². The molecule has 1 aromatic rings. The fraction of sp³-hybridized carbons (Fsp3) is 0.273. The van der Waals surface area contributed by atoms with Gasteiger partial charge in [-0.3, -0.25) is 0 Å². The quantitative estimate of drug-likeness (QED) is 0.905.